The zero-order valence-corrected chi connectivity index (χ0v) is 21.2. The van der Waals surface area contributed by atoms with Crippen LogP contribution >= 0.6 is 11.3 Å². The second-order valence-electron chi connectivity index (χ2n) is 9.05. The molecule has 4 heterocycles. The van der Waals surface area contributed by atoms with Gasteiger partial charge in [0.15, 0.2) is 5.82 Å². The fraction of sp³-hybridized carbons (Fsp3) is 0.185. The quantitative estimate of drug-likeness (QED) is 0.340. The lowest BCUT2D eigenvalue weighted by Crippen LogP contribution is -2.51. The van der Waals surface area contributed by atoms with E-state index in [-0.39, 0.29) is 11.6 Å². The van der Waals surface area contributed by atoms with Crippen LogP contribution in [0.3, 0.4) is 0 Å². The van der Waals surface area contributed by atoms with E-state index in [1.807, 2.05) is 35.1 Å². The SMILES string of the molecule is CB(O)N1CCN(c2ccncc2NC(=O)c2ccnc(-c3cccc4c3sc3ccccc34)n2)CC1. The van der Waals surface area contributed by atoms with Gasteiger partial charge in [-0.2, -0.15) is 0 Å². The Hall–Kier alpha value is -3.86. The van der Waals surface area contributed by atoms with Crippen LogP contribution in [0.4, 0.5) is 11.4 Å². The lowest BCUT2D eigenvalue weighted by atomic mass is 9.84. The summed E-state index contributed by atoms with van der Waals surface area (Å²) >= 11 is 1.71. The summed E-state index contributed by atoms with van der Waals surface area (Å²) in [6, 6.07) is 18.0. The lowest BCUT2D eigenvalue weighted by molar-refractivity contribution is 0.102. The minimum Gasteiger partial charge on any atom is -0.437 e. The first kappa shape index (κ1) is 23.5. The van der Waals surface area contributed by atoms with Crippen LogP contribution in [0.2, 0.25) is 6.82 Å². The lowest BCUT2D eigenvalue weighted by Gasteiger charge is -2.37. The molecule has 5 aromatic rings. The highest BCUT2D eigenvalue weighted by molar-refractivity contribution is 7.26. The van der Waals surface area contributed by atoms with Gasteiger partial charge in [-0.25, -0.2) is 9.97 Å². The highest BCUT2D eigenvalue weighted by Crippen LogP contribution is 2.38. The maximum atomic E-state index is 13.3. The number of fused-ring (bicyclic) bond motifs is 3. The number of thiophene rings is 1. The van der Waals surface area contributed by atoms with Gasteiger partial charge in [-0.05, 0) is 31.1 Å². The minimum absolute atomic E-state index is 0.289. The van der Waals surface area contributed by atoms with E-state index in [4.69, 9.17) is 0 Å². The van der Waals surface area contributed by atoms with Gasteiger partial charge in [-0.15, -0.1) is 11.3 Å². The number of nitrogens with zero attached hydrogens (tertiary/aromatic N) is 5. The number of hydrogen-bond acceptors (Lipinski definition) is 8. The summed E-state index contributed by atoms with van der Waals surface area (Å²) in [5.74, 6) is 0.203. The summed E-state index contributed by atoms with van der Waals surface area (Å²) in [5.41, 5.74) is 2.73. The molecule has 1 aliphatic rings. The number of carbonyl (C=O) groups excluding carboxylic acids is 1. The molecule has 37 heavy (non-hydrogen) atoms. The highest BCUT2D eigenvalue weighted by Gasteiger charge is 2.24. The molecule has 3 aromatic heterocycles. The van der Waals surface area contributed by atoms with E-state index in [9.17, 15) is 9.82 Å². The number of benzene rings is 2. The molecule has 0 unspecified atom stereocenters. The Balaban J connectivity index is 1.27. The zero-order valence-electron chi connectivity index (χ0n) is 20.3. The van der Waals surface area contributed by atoms with Crippen molar-refractivity contribution >= 4 is 55.8 Å². The van der Waals surface area contributed by atoms with Crippen LogP contribution in [0.5, 0.6) is 0 Å². The number of piperazine rings is 1. The van der Waals surface area contributed by atoms with Crippen LogP contribution in [0.1, 0.15) is 10.5 Å². The van der Waals surface area contributed by atoms with E-state index in [1.54, 1.807) is 42.8 Å². The van der Waals surface area contributed by atoms with Crippen LogP contribution in [0.25, 0.3) is 31.6 Å². The monoisotopic (exact) mass is 508 g/mol. The van der Waals surface area contributed by atoms with Gasteiger partial charge in [-0.3, -0.25) is 9.78 Å². The van der Waals surface area contributed by atoms with E-state index in [2.05, 4.69) is 43.4 Å². The summed E-state index contributed by atoms with van der Waals surface area (Å²) in [5, 5.41) is 15.2. The van der Waals surface area contributed by atoms with E-state index in [0.717, 1.165) is 47.5 Å². The predicted octanol–water partition coefficient (Wildman–Crippen LogP) is 4.39. The third-order valence-corrected chi connectivity index (χ3v) is 7.98. The van der Waals surface area contributed by atoms with E-state index < -0.39 is 7.05 Å². The topological polar surface area (TPSA) is 94.5 Å². The molecule has 184 valence electrons. The third-order valence-electron chi connectivity index (χ3n) is 6.76. The molecule has 0 radical (unpaired) electrons. The molecule has 8 nitrogen and oxygen atoms in total. The second kappa shape index (κ2) is 9.89. The van der Waals surface area contributed by atoms with Crippen molar-refractivity contribution in [2.45, 2.75) is 6.82 Å². The molecule has 0 saturated carbocycles. The number of carbonyl (C=O) groups is 1. The molecular formula is C27H25BN6O2S. The summed E-state index contributed by atoms with van der Waals surface area (Å²) in [4.78, 5) is 30.9. The van der Waals surface area contributed by atoms with Crippen molar-refractivity contribution in [3.63, 3.8) is 0 Å². The Labute approximate surface area is 218 Å². The van der Waals surface area contributed by atoms with E-state index >= 15 is 0 Å². The van der Waals surface area contributed by atoms with Crippen LogP contribution < -0.4 is 10.2 Å². The molecule has 0 aliphatic carbocycles. The van der Waals surface area contributed by atoms with Gasteiger partial charge in [0.25, 0.3) is 5.91 Å². The summed E-state index contributed by atoms with van der Waals surface area (Å²) < 4.78 is 2.31. The fourth-order valence-electron chi connectivity index (χ4n) is 4.82. The predicted molar refractivity (Wildman–Crippen MR) is 150 cm³/mol. The highest BCUT2D eigenvalue weighted by atomic mass is 32.1. The normalized spacial score (nSPS) is 14.3. The standard InChI is InChI=1S/C27H25BN6O2S/c1-28(36)34-15-13-33(14-16-34)23-10-11-29-17-22(23)32-27(35)21-9-12-30-26(31-21)20-7-4-6-19-18-5-2-3-8-24(18)37-25(19)20/h2-12,17,36H,13-16H2,1H3,(H,32,35). The van der Waals surface area contributed by atoms with Gasteiger partial charge in [0.2, 0.25) is 0 Å². The number of hydrogen-bond donors (Lipinski definition) is 2. The van der Waals surface area contributed by atoms with Gasteiger partial charge in [0, 0.05) is 64.3 Å². The zero-order chi connectivity index (χ0) is 25.4. The molecule has 10 heteroatoms. The Kier molecular flexibility index (Phi) is 6.29. The van der Waals surface area contributed by atoms with Crippen LogP contribution in [0, 0.1) is 0 Å². The van der Waals surface area contributed by atoms with Crippen LogP contribution in [-0.2, 0) is 0 Å². The Morgan fingerprint density at radius 2 is 1.81 bits per heavy atom. The maximum Gasteiger partial charge on any atom is 0.376 e. The molecule has 0 atom stereocenters. The summed E-state index contributed by atoms with van der Waals surface area (Å²) in [7, 11) is -0.468. The number of anilines is 2. The molecule has 0 spiro atoms. The molecular weight excluding hydrogens is 483 g/mol. The Morgan fingerprint density at radius 3 is 2.65 bits per heavy atom. The number of aromatic nitrogens is 3. The van der Waals surface area contributed by atoms with Crippen molar-refractivity contribution in [2.24, 2.45) is 0 Å². The average molecular weight is 508 g/mol. The minimum atomic E-state index is -0.468. The molecule has 2 aromatic carbocycles. The second-order valence-corrected chi connectivity index (χ2v) is 10.1. The molecule has 1 amide bonds. The van der Waals surface area contributed by atoms with Gasteiger partial charge in [0.05, 0.1) is 17.6 Å². The fourth-order valence-corrected chi connectivity index (χ4v) is 6.03. The van der Waals surface area contributed by atoms with Gasteiger partial charge >= 0.3 is 7.05 Å². The first-order chi connectivity index (χ1) is 18.1. The van der Waals surface area contributed by atoms with Crippen molar-refractivity contribution < 1.29 is 9.82 Å². The Bertz CT molecular complexity index is 1600. The van der Waals surface area contributed by atoms with Crippen molar-refractivity contribution in [1.29, 1.82) is 0 Å². The Morgan fingerprint density at radius 1 is 1.00 bits per heavy atom. The van der Waals surface area contributed by atoms with Crippen molar-refractivity contribution in [3.8, 4) is 11.4 Å². The first-order valence-electron chi connectivity index (χ1n) is 12.2. The molecule has 1 aliphatic heterocycles. The van der Waals surface area contributed by atoms with Gasteiger partial charge in [-0.1, -0.05) is 30.3 Å². The number of amides is 1. The smallest absolute Gasteiger partial charge is 0.376 e. The van der Waals surface area contributed by atoms with Crippen molar-refractivity contribution in [3.05, 3.63) is 78.9 Å². The summed E-state index contributed by atoms with van der Waals surface area (Å²) in [6.07, 6.45) is 5.01. The maximum absolute atomic E-state index is 13.3. The first-order valence-corrected chi connectivity index (χ1v) is 13.1. The van der Waals surface area contributed by atoms with Crippen molar-refractivity contribution in [2.75, 3.05) is 36.4 Å². The van der Waals surface area contributed by atoms with Crippen LogP contribution in [0.15, 0.2) is 73.2 Å². The molecule has 1 saturated heterocycles. The number of nitrogens with one attached hydrogen (secondary N) is 1. The molecule has 2 N–H and O–H groups in total. The summed E-state index contributed by atoms with van der Waals surface area (Å²) in [6.45, 7) is 4.76. The number of pyridine rings is 1. The van der Waals surface area contributed by atoms with Crippen LogP contribution in [-0.4, -0.2) is 63.9 Å². The van der Waals surface area contributed by atoms with E-state index in [0.29, 0.717) is 11.5 Å². The molecule has 6 rings (SSSR count). The number of rotatable bonds is 5. The van der Waals surface area contributed by atoms with Gasteiger partial charge in [0.1, 0.15) is 5.69 Å². The largest absolute Gasteiger partial charge is 0.437 e. The molecule has 1 fully saturated rings. The molecule has 0 bridgehead atoms. The van der Waals surface area contributed by atoms with Crippen molar-refractivity contribution in [1.82, 2.24) is 19.8 Å². The van der Waals surface area contributed by atoms with E-state index in [1.165, 1.54) is 10.1 Å². The van der Waals surface area contributed by atoms with Gasteiger partial charge < -0.3 is 20.1 Å². The average Bonchev–Trinajstić information content (AvgIpc) is 3.32. The third kappa shape index (κ3) is 4.55.